The van der Waals surface area contributed by atoms with Gasteiger partial charge in [0.05, 0.1) is 0 Å². The number of amides is 2. The Bertz CT molecular complexity index is 527. The summed E-state index contributed by atoms with van der Waals surface area (Å²) in [5.41, 5.74) is 1.80. The second-order valence-corrected chi connectivity index (χ2v) is 7.65. The minimum absolute atomic E-state index is 0.118. The van der Waals surface area contributed by atoms with Crippen LogP contribution < -0.4 is 5.32 Å². The number of urea groups is 1. The molecule has 1 aliphatic rings. The summed E-state index contributed by atoms with van der Waals surface area (Å²) < 4.78 is 12.5. The fourth-order valence-corrected chi connectivity index (χ4v) is 4.31. The molecule has 0 unspecified atom stereocenters. The molecule has 0 aliphatic heterocycles. The van der Waals surface area contributed by atoms with Crippen LogP contribution in [0.25, 0.3) is 0 Å². The molecule has 22 heavy (non-hydrogen) atoms. The van der Waals surface area contributed by atoms with Gasteiger partial charge in [-0.25, -0.2) is 4.79 Å². The largest absolute Gasteiger partial charge is 0.328 e. The predicted molar refractivity (Wildman–Crippen MR) is 92.5 cm³/mol. The summed E-state index contributed by atoms with van der Waals surface area (Å²) in [5, 5.41) is 3.22. The van der Waals surface area contributed by atoms with Crippen LogP contribution in [0.5, 0.6) is 0 Å². The lowest BCUT2D eigenvalue weighted by Crippen LogP contribution is -2.30. The molecule has 1 atom stereocenters. The van der Waals surface area contributed by atoms with Gasteiger partial charge in [0.25, 0.3) is 0 Å². The van der Waals surface area contributed by atoms with E-state index >= 15 is 0 Å². The van der Waals surface area contributed by atoms with Gasteiger partial charge in [-0.3, -0.25) is 4.21 Å². The van der Waals surface area contributed by atoms with E-state index in [0.717, 1.165) is 24.1 Å². The van der Waals surface area contributed by atoms with Crippen molar-refractivity contribution in [2.24, 2.45) is 0 Å². The lowest BCUT2D eigenvalue weighted by Gasteiger charge is -2.21. The van der Waals surface area contributed by atoms with Gasteiger partial charge in [-0.05, 0) is 37.5 Å². The smallest absolute Gasteiger partial charge is 0.321 e. The van der Waals surface area contributed by atoms with E-state index in [0.29, 0.717) is 17.5 Å². The molecule has 0 spiro atoms. The summed E-state index contributed by atoms with van der Waals surface area (Å²) in [6, 6.07) is 7.58. The molecule has 2 amide bonds. The minimum atomic E-state index is -0.812. The number of benzene rings is 1. The highest BCUT2D eigenvalue weighted by atomic mass is 32.2. The maximum Gasteiger partial charge on any atom is 0.321 e. The molecular formula is C17H26N2O2S. The fourth-order valence-electron chi connectivity index (χ4n) is 2.71. The third-order valence-corrected chi connectivity index (χ3v) is 6.07. The van der Waals surface area contributed by atoms with Crippen LogP contribution in [-0.4, -0.2) is 34.0 Å². The van der Waals surface area contributed by atoms with E-state index in [9.17, 15) is 9.00 Å². The summed E-state index contributed by atoms with van der Waals surface area (Å²) in [7, 11) is 0.949. The van der Waals surface area contributed by atoms with Crippen LogP contribution in [-0.2, 0) is 16.6 Å². The van der Waals surface area contributed by atoms with Gasteiger partial charge in [-0.1, -0.05) is 31.4 Å². The summed E-state index contributed by atoms with van der Waals surface area (Å²) in [6.07, 6.45) is 5.86. The maximum absolute atomic E-state index is 12.5. The normalized spacial score (nSPS) is 17.0. The molecule has 0 radical (unpaired) electrons. The molecule has 1 aromatic carbocycles. The van der Waals surface area contributed by atoms with E-state index in [2.05, 4.69) is 5.32 Å². The summed E-state index contributed by atoms with van der Waals surface area (Å²) in [5.74, 6) is 0.581. The standard InChI is InChI=1S/C17H26N2O2S/c1-3-19(2)17(20)18-15-9-7-8-14(12-15)13-22(21)16-10-5-4-6-11-16/h7-9,12,16H,3-6,10-11,13H2,1-2H3,(H,18,20)/t22-/m0/s1. The van der Waals surface area contributed by atoms with E-state index in [4.69, 9.17) is 0 Å². The lowest BCUT2D eigenvalue weighted by molar-refractivity contribution is 0.224. The average molecular weight is 322 g/mol. The molecule has 5 heteroatoms. The average Bonchev–Trinajstić information content (AvgIpc) is 2.55. The van der Waals surface area contributed by atoms with Crippen LogP contribution >= 0.6 is 0 Å². The second kappa shape index (κ2) is 8.32. The van der Waals surface area contributed by atoms with Crippen molar-refractivity contribution in [2.75, 3.05) is 18.9 Å². The summed E-state index contributed by atoms with van der Waals surface area (Å²) >= 11 is 0. The number of carbonyl (C=O) groups is 1. The first-order chi connectivity index (χ1) is 10.6. The highest BCUT2D eigenvalue weighted by molar-refractivity contribution is 7.84. The zero-order chi connectivity index (χ0) is 15.9. The van der Waals surface area contributed by atoms with Crippen molar-refractivity contribution in [1.29, 1.82) is 0 Å². The fraction of sp³-hybridized carbons (Fsp3) is 0.588. The quantitative estimate of drug-likeness (QED) is 0.897. The Morgan fingerprint density at radius 3 is 2.73 bits per heavy atom. The van der Waals surface area contributed by atoms with Gasteiger partial charge in [0, 0.05) is 41.1 Å². The second-order valence-electron chi connectivity index (χ2n) is 5.93. The van der Waals surface area contributed by atoms with Gasteiger partial charge < -0.3 is 10.2 Å². The van der Waals surface area contributed by atoms with E-state index in [1.807, 2.05) is 31.2 Å². The number of hydrogen-bond donors (Lipinski definition) is 1. The first kappa shape index (κ1) is 17.0. The molecule has 122 valence electrons. The molecule has 2 rings (SSSR count). The third-order valence-electron chi connectivity index (χ3n) is 4.23. The highest BCUT2D eigenvalue weighted by Crippen LogP contribution is 2.24. The minimum Gasteiger partial charge on any atom is -0.328 e. The molecule has 0 heterocycles. The summed E-state index contributed by atoms with van der Waals surface area (Å²) in [6.45, 7) is 2.60. The van der Waals surface area contributed by atoms with Gasteiger partial charge in [-0.2, -0.15) is 0 Å². The Balaban J connectivity index is 1.96. The topological polar surface area (TPSA) is 49.4 Å². The Hall–Kier alpha value is -1.36. The lowest BCUT2D eigenvalue weighted by atomic mass is 10.0. The molecule has 0 aromatic heterocycles. The van der Waals surface area contributed by atoms with Crippen LogP contribution in [0.1, 0.15) is 44.6 Å². The number of carbonyl (C=O) groups excluding carboxylic acids is 1. The van der Waals surface area contributed by atoms with E-state index in [1.54, 1.807) is 11.9 Å². The Morgan fingerprint density at radius 1 is 1.32 bits per heavy atom. The molecule has 4 nitrogen and oxygen atoms in total. The van der Waals surface area contributed by atoms with Gasteiger partial charge in [0.2, 0.25) is 0 Å². The molecule has 1 N–H and O–H groups in total. The van der Waals surface area contributed by atoms with Crippen molar-refractivity contribution in [3.8, 4) is 0 Å². The third kappa shape index (κ3) is 4.83. The van der Waals surface area contributed by atoms with Crippen LogP contribution in [0.4, 0.5) is 10.5 Å². The van der Waals surface area contributed by atoms with Crippen LogP contribution in [0.15, 0.2) is 24.3 Å². The summed E-state index contributed by atoms with van der Waals surface area (Å²) in [4.78, 5) is 13.5. The van der Waals surface area contributed by atoms with Gasteiger partial charge in [-0.15, -0.1) is 0 Å². The van der Waals surface area contributed by atoms with Crippen molar-refractivity contribution in [2.45, 2.75) is 50.0 Å². The molecule has 1 fully saturated rings. The highest BCUT2D eigenvalue weighted by Gasteiger charge is 2.20. The Labute approximate surface area is 135 Å². The SMILES string of the molecule is CCN(C)C(=O)Nc1cccc(C[S@](=O)C2CCCCC2)c1. The first-order valence-electron chi connectivity index (χ1n) is 8.08. The Morgan fingerprint density at radius 2 is 2.05 bits per heavy atom. The first-order valence-corrected chi connectivity index (χ1v) is 9.46. The van der Waals surface area contributed by atoms with E-state index in [1.165, 1.54) is 19.3 Å². The molecule has 1 aliphatic carbocycles. The monoisotopic (exact) mass is 322 g/mol. The molecule has 1 aromatic rings. The van der Waals surface area contributed by atoms with Gasteiger partial charge >= 0.3 is 6.03 Å². The molecular weight excluding hydrogens is 296 g/mol. The molecule has 0 saturated heterocycles. The number of nitrogens with one attached hydrogen (secondary N) is 1. The van der Waals surface area contributed by atoms with Crippen molar-refractivity contribution in [3.05, 3.63) is 29.8 Å². The number of nitrogens with zero attached hydrogens (tertiary/aromatic N) is 1. The van der Waals surface area contributed by atoms with Crippen molar-refractivity contribution in [1.82, 2.24) is 4.90 Å². The predicted octanol–water partition coefficient (Wildman–Crippen LogP) is 3.75. The van der Waals surface area contributed by atoms with E-state index in [-0.39, 0.29) is 6.03 Å². The van der Waals surface area contributed by atoms with Crippen LogP contribution in [0, 0.1) is 0 Å². The zero-order valence-electron chi connectivity index (χ0n) is 13.5. The number of anilines is 1. The van der Waals surface area contributed by atoms with Crippen molar-refractivity contribution >= 4 is 22.5 Å². The number of rotatable bonds is 5. The van der Waals surface area contributed by atoms with Crippen LogP contribution in [0.3, 0.4) is 0 Å². The van der Waals surface area contributed by atoms with E-state index < -0.39 is 10.8 Å². The van der Waals surface area contributed by atoms with Gasteiger partial charge in [0.15, 0.2) is 0 Å². The van der Waals surface area contributed by atoms with Gasteiger partial charge in [0.1, 0.15) is 0 Å². The van der Waals surface area contributed by atoms with Crippen LogP contribution in [0.2, 0.25) is 0 Å². The number of hydrogen-bond acceptors (Lipinski definition) is 2. The van der Waals surface area contributed by atoms with Crippen molar-refractivity contribution in [3.63, 3.8) is 0 Å². The maximum atomic E-state index is 12.5. The molecule has 1 saturated carbocycles. The zero-order valence-corrected chi connectivity index (χ0v) is 14.3. The Kier molecular flexibility index (Phi) is 6.43. The van der Waals surface area contributed by atoms with Crippen molar-refractivity contribution < 1.29 is 9.00 Å². The molecule has 0 bridgehead atoms.